The number of ketones is 1. The minimum Gasteiger partial charge on any atom is -0.455 e. The zero-order valence-corrected chi connectivity index (χ0v) is 15.9. The molecule has 1 aliphatic carbocycles. The van der Waals surface area contributed by atoms with E-state index in [4.69, 9.17) is 4.42 Å². The number of Topliss-reactive ketones (excluding diaryl/α,β-unsaturated/α-hetero) is 1. The molecule has 0 saturated carbocycles. The minimum absolute atomic E-state index is 0.0914. The SMILES string of the molecule is Cc1c(C(=O)N2CCn3cccc3C2c2ccccc2)oc2c1C(=O)CCC2. The summed E-state index contributed by atoms with van der Waals surface area (Å²) in [4.78, 5) is 27.8. The molecule has 1 unspecified atom stereocenters. The Labute approximate surface area is 163 Å². The van der Waals surface area contributed by atoms with Crippen LogP contribution in [-0.4, -0.2) is 27.7 Å². The molecule has 1 aromatic carbocycles. The Morgan fingerprint density at radius 2 is 1.89 bits per heavy atom. The molecule has 0 spiro atoms. The van der Waals surface area contributed by atoms with Crippen LogP contribution in [0.5, 0.6) is 0 Å². The number of fused-ring (bicyclic) bond motifs is 2. The molecule has 0 bridgehead atoms. The molecule has 1 atom stereocenters. The lowest BCUT2D eigenvalue weighted by atomic mass is 9.93. The molecular weight excluding hydrogens is 352 g/mol. The summed E-state index contributed by atoms with van der Waals surface area (Å²) < 4.78 is 8.16. The summed E-state index contributed by atoms with van der Waals surface area (Å²) in [5, 5.41) is 0. The molecule has 0 radical (unpaired) electrons. The van der Waals surface area contributed by atoms with Crippen molar-refractivity contribution in [1.29, 1.82) is 0 Å². The highest BCUT2D eigenvalue weighted by molar-refractivity contribution is 6.03. The highest BCUT2D eigenvalue weighted by Gasteiger charge is 2.36. The van der Waals surface area contributed by atoms with E-state index in [0.717, 1.165) is 30.6 Å². The topological polar surface area (TPSA) is 55.5 Å². The number of nitrogens with zero attached hydrogens (tertiary/aromatic N) is 2. The normalized spacial score (nSPS) is 18.7. The lowest BCUT2D eigenvalue weighted by Crippen LogP contribution is -2.42. The molecule has 3 aromatic rings. The van der Waals surface area contributed by atoms with Gasteiger partial charge in [0.2, 0.25) is 0 Å². The Kier molecular flexibility index (Phi) is 3.97. The third-order valence-corrected chi connectivity index (χ3v) is 5.91. The molecule has 28 heavy (non-hydrogen) atoms. The van der Waals surface area contributed by atoms with Crippen molar-refractivity contribution in [1.82, 2.24) is 9.47 Å². The van der Waals surface area contributed by atoms with Gasteiger partial charge in [-0.2, -0.15) is 0 Å². The van der Waals surface area contributed by atoms with Gasteiger partial charge in [0.05, 0.1) is 11.6 Å². The van der Waals surface area contributed by atoms with Gasteiger partial charge in [0.1, 0.15) is 5.76 Å². The minimum atomic E-state index is -0.172. The first-order chi connectivity index (χ1) is 13.6. The molecule has 1 aliphatic heterocycles. The van der Waals surface area contributed by atoms with Gasteiger partial charge in [-0.3, -0.25) is 9.59 Å². The van der Waals surface area contributed by atoms with Gasteiger partial charge in [-0.05, 0) is 31.0 Å². The van der Waals surface area contributed by atoms with Crippen molar-refractivity contribution in [2.24, 2.45) is 0 Å². The van der Waals surface area contributed by atoms with Gasteiger partial charge < -0.3 is 13.9 Å². The van der Waals surface area contributed by atoms with Crippen molar-refractivity contribution in [3.05, 3.63) is 82.6 Å². The molecule has 1 amide bonds. The first-order valence-corrected chi connectivity index (χ1v) is 9.81. The van der Waals surface area contributed by atoms with Crippen LogP contribution in [0.1, 0.15) is 62.4 Å². The number of rotatable bonds is 2. The molecule has 3 heterocycles. The first-order valence-electron chi connectivity index (χ1n) is 9.81. The third-order valence-electron chi connectivity index (χ3n) is 5.91. The van der Waals surface area contributed by atoms with E-state index in [0.29, 0.717) is 35.6 Å². The lowest BCUT2D eigenvalue weighted by Gasteiger charge is -2.37. The zero-order valence-electron chi connectivity index (χ0n) is 15.9. The van der Waals surface area contributed by atoms with Crippen molar-refractivity contribution < 1.29 is 14.0 Å². The number of benzene rings is 1. The number of amides is 1. The highest BCUT2D eigenvalue weighted by atomic mass is 16.4. The molecule has 5 nitrogen and oxygen atoms in total. The number of aryl methyl sites for hydroxylation is 1. The van der Waals surface area contributed by atoms with Gasteiger partial charge in [-0.1, -0.05) is 30.3 Å². The molecule has 2 aliphatic rings. The van der Waals surface area contributed by atoms with E-state index in [1.54, 1.807) is 0 Å². The van der Waals surface area contributed by atoms with E-state index in [-0.39, 0.29) is 17.7 Å². The second-order valence-electron chi connectivity index (χ2n) is 7.57. The van der Waals surface area contributed by atoms with Crippen molar-refractivity contribution >= 4 is 11.7 Å². The largest absolute Gasteiger partial charge is 0.455 e. The fourth-order valence-corrected chi connectivity index (χ4v) is 4.57. The van der Waals surface area contributed by atoms with E-state index < -0.39 is 0 Å². The second kappa shape index (κ2) is 6.51. The predicted molar refractivity (Wildman–Crippen MR) is 104 cm³/mol. The molecule has 0 fully saturated rings. The van der Waals surface area contributed by atoms with Crippen LogP contribution in [0.25, 0.3) is 0 Å². The van der Waals surface area contributed by atoms with Crippen LogP contribution >= 0.6 is 0 Å². The van der Waals surface area contributed by atoms with Gasteiger partial charge >= 0.3 is 0 Å². The number of hydrogen-bond acceptors (Lipinski definition) is 3. The van der Waals surface area contributed by atoms with Crippen LogP contribution in [0.15, 0.2) is 53.1 Å². The summed E-state index contributed by atoms with van der Waals surface area (Å²) in [5.41, 5.74) is 3.49. The Morgan fingerprint density at radius 1 is 1.07 bits per heavy atom. The molecule has 2 aromatic heterocycles. The number of furan rings is 1. The van der Waals surface area contributed by atoms with Crippen LogP contribution in [0.4, 0.5) is 0 Å². The molecular formula is C23H22N2O3. The number of aromatic nitrogens is 1. The summed E-state index contributed by atoms with van der Waals surface area (Å²) in [5.74, 6) is 0.949. The fourth-order valence-electron chi connectivity index (χ4n) is 4.57. The Bertz CT molecular complexity index is 1060. The lowest BCUT2D eigenvalue weighted by molar-refractivity contribution is 0.0628. The quantitative estimate of drug-likeness (QED) is 0.677. The second-order valence-corrected chi connectivity index (χ2v) is 7.57. The fraction of sp³-hybridized carbons (Fsp3) is 0.304. The van der Waals surface area contributed by atoms with E-state index in [9.17, 15) is 9.59 Å². The maximum absolute atomic E-state index is 13.6. The van der Waals surface area contributed by atoms with Crippen LogP contribution in [0.3, 0.4) is 0 Å². The third kappa shape index (κ3) is 2.53. The number of hydrogen-bond donors (Lipinski definition) is 0. The Hall–Kier alpha value is -3.08. The van der Waals surface area contributed by atoms with Gasteiger partial charge in [0.25, 0.3) is 5.91 Å². The standard InChI is InChI=1S/C23H22N2O3/c1-15-20-18(26)10-5-11-19(20)28-22(15)23(27)25-14-13-24-12-6-9-17(24)21(25)16-7-3-2-4-8-16/h2-4,6-9,12,21H,5,10-11,13-14H2,1H3. The Balaban J connectivity index is 1.59. The predicted octanol–water partition coefficient (Wildman–Crippen LogP) is 4.15. The van der Waals surface area contributed by atoms with E-state index in [1.165, 1.54) is 0 Å². The summed E-state index contributed by atoms with van der Waals surface area (Å²) in [7, 11) is 0. The molecule has 5 heteroatoms. The van der Waals surface area contributed by atoms with Crippen LogP contribution in [0.2, 0.25) is 0 Å². The van der Waals surface area contributed by atoms with Crippen LogP contribution in [0, 0.1) is 6.92 Å². The van der Waals surface area contributed by atoms with E-state index in [1.807, 2.05) is 36.1 Å². The van der Waals surface area contributed by atoms with Crippen molar-refractivity contribution in [2.75, 3.05) is 6.54 Å². The maximum Gasteiger partial charge on any atom is 0.290 e. The van der Waals surface area contributed by atoms with Crippen molar-refractivity contribution in [3.63, 3.8) is 0 Å². The molecule has 5 rings (SSSR count). The molecule has 142 valence electrons. The number of carbonyl (C=O) groups excluding carboxylic acids is 2. The smallest absolute Gasteiger partial charge is 0.290 e. The van der Waals surface area contributed by atoms with Gasteiger partial charge in [0.15, 0.2) is 11.5 Å². The summed E-state index contributed by atoms with van der Waals surface area (Å²) in [6.45, 7) is 3.18. The molecule has 0 N–H and O–H groups in total. The van der Waals surface area contributed by atoms with Crippen LogP contribution in [-0.2, 0) is 13.0 Å². The van der Waals surface area contributed by atoms with Gasteiger partial charge in [0, 0.05) is 43.4 Å². The maximum atomic E-state index is 13.6. The Morgan fingerprint density at radius 3 is 2.68 bits per heavy atom. The van der Waals surface area contributed by atoms with Crippen molar-refractivity contribution in [2.45, 2.75) is 38.8 Å². The highest BCUT2D eigenvalue weighted by Crippen LogP contribution is 2.36. The number of carbonyl (C=O) groups is 2. The first kappa shape index (κ1) is 17.0. The summed E-state index contributed by atoms with van der Waals surface area (Å²) >= 11 is 0. The van der Waals surface area contributed by atoms with Gasteiger partial charge in [-0.25, -0.2) is 0 Å². The average Bonchev–Trinajstić information content (AvgIpc) is 3.32. The van der Waals surface area contributed by atoms with Crippen LogP contribution < -0.4 is 0 Å². The van der Waals surface area contributed by atoms with Crippen molar-refractivity contribution in [3.8, 4) is 0 Å². The van der Waals surface area contributed by atoms with Gasteiger partial charge in [-0.15, -0.1) is 0 Å². The zero-order chi connectivity index (χ0) is 19.3. The summed E-state index contributed by atoms with van der Waals surface area (Å²) in [6.07, 6.45) is 4.10. The monoisotopic (exact) mass is 374 g/mol. The average molecular weight is 374 g/mol. The van der Waals surface area contributed by atoms with E-state index >= 15 is 0 Å². The summed E-state index contributed by atoms with van der Waals surface area (Å²) in [6, 6.07) is 14.0. The molecule has 0 saturated heterocycles. The van der Waals surface area contributed by atoms with E-state index in [2.05, 4.69) is 29.0 Å².